The first-order valence-corrected chi connectivity index (χ1v) is 6.28. The summed E-state index contributed by atoms with van der Waals surface area (Å²) in [5, 5.41) is 0. The first-order valence-electron chi connectivity index (χ1n) is 6.28. The second-order valence-electron chi connectivity index (χ2n) is 4.63. The van der Waals surface area contributed by atoms with E-state index < -0.39 is 0 Å². The fourth-order valence-electron chi connectivity index (χ4n) is 2.54. The third-order valence-electron chi connectivity index (χ3n) is 3.49. The van der Waals surface area contributed by atoms with Crippen LogP contribution >= 0.6 is 0 Å². The summed E-state index contributed by atoms with van der Waals surface area (Å²) in [5.74, 6) is -0.286. The minimum Gasteiger partial charge on any atom is -0.465 e. The molecule has 0 saturated carbocycles. The molecule has 96 valence electrons. The van der Waals surface area contributed by atoms with Crippen molar-refractivity contribution in [1.82, 2.24) is 0 Å². The largest absolute Gasteiger partial charge is 0.465 e. The number of hydrogen-bond acceptors (Lipinski definition) is 3. The molecule has 0 atom stereocenters. The lowest BCUT2D eigenvalue weighted by atomic mass is 10.1. The van der Waals surface area contributed by atoms with Crippen LogP contribution in [0.15, 0.2) is 48.5 Å². The number of ether oxygens (including phenoxy) is 1. The molecule has 2 aromatic carbocycles. The quantitative estimate of drug-likeness (QED) is 0.771. The summed E-state index contributed by atoms with van der Waals surface area (Å²) in [6.07, 6.45) is 0. The Bertz CT molecular complexity index is 597. The van der Waals surface area contributed by atoms with Crippen LogP contribution in [0.3, 0.4) is 0 Å². The van der Waals surface area contributed by atoms with E-state index in [-0.39, 0.29) is 5.97 Å². The number of carbonyl (C=O) groups excluding carboxylic acids is 1. The Morgan fingerprint density at radius 2 is 1.58 bits per heavy atom. The predicted molar refractivity (Wildman–Crippen MR) is 74.1 cm³/mol. The number of benzene rings is 2. The van der Waals surface area contributed by atoms with Crippen LogP contribution in [0.1, 0.15) is 21.5 Å². The second kappa shape index (κ2) is 4.76. The summed E-state index contributed by atoms with van der Waals surface area (Å²) in [6, 6.07) is 16.0. The number of carbonyl (C=O) groups is 1. The molecular weight excluding hydrogens is 238 g/mol. The Labute approximate surface area is 112 Å². The van der Waals surface area contributed by atoms with Gasteiger partial charge >= 0.3 is 5.97 Å². The lowest BCUT2D eigenvalue weighted by molar-refractivity contribution is 0.0601. The van der Waals surface area contributed by atoms with Crippen LogP contribution in [-0.4, -0.2) is 13.1 Å². The summed E-state index contributed by atoms with van der Waals surface area (Å²) in [7, 11) is 1.41. The summed E-state index contributed by atoms with van der Waals surface area (Å²) in [6.45, 7) is 1.67. The lowest BCUT2D eigenvalue weighted by Crippen LogP contribution is -2.18. The molecule has 0 aromatic heterocycles. The molecule has 3 rings (SSSR count). The first kappa shape index (κ1) is 11.8. The fourth-order valence-corrected chi connectivity index (χ4v) is 2.54. The van der Waals surface area contributed by atoms with E-state index in [1.807, 2.05) is 24.3 Å². The van der Waals surface area contributed by atoms with Crippen LogP contribution in [0.5, 0.6) is 0 Å². The molecule has 0 aliphatic carbocycles. The highest BCUT2D eigenvalue weighted by atomic mass is 16.5. The maximum absolute atomic E-state index is 11.8. The monoisotopic (exact) mass is 253 g/mol. The Hall–Kier alpha value is -2.29. The van der Waals surface area contributed by atoms with E-state index in [1.165, 1.54) is 18.2 Å². The smallest absolute Gasteiger partial charge is 0.339 e. The van der Waals surface area contributed by atoms with Crippen molar-refractivity contribution in [3.63, 3.8) is 0 Å². The Balaban J connectivity index is 1.95. The van der Waals surface area contributed by atoms with Gasteiger partial charge in [0.15, 0.2) is 0 Å². The average molecular weight is 253 g/mol. The van der Waals surface area contributed by atoms with Crippen molar-refractivity contribution in [3.8, 4) is 0 Å². The van der Waals surface area contributed by atoms with Gasteiger partial charge in [-0.3, -0.25) is 0 Å². The molecule has 0 radical (unpaired) electrons. The van der Waals surface area contributed by atoms with Crippen LogP contribution in [0.25, 0.3) is 0 Å². The van der Waals surface area contributed by atoms with Gasteiger partial charge in [0, 0.05) is 13.1 Å². The van der Waals surface area contributed by atoms with Gasteiger partial charge in [-0.15, -0.1) is 0 Å². The number of anilines is 1. The second-order valence-corrected chi connectivity index (χ2v) is 4.63. The van der Waals surface area contributed by atoms with E-state index in [1.54, 1.807) is 0 Å². The van der Waals surface area contributed by atoms with Gasteiger partial charge in [0.25, 0.3) is 0 Å². The normalized spacial score (nSPS) is 13.2. The van der Waals surface area contributed by atoms with Crippen LogP contribution < -0.4 is 4.90 Å². The predicted octanol–water partition coefficient (Wildman–Crippen LogP) is 2.99. The fraction of sp³-hybridized carbons (Fsp3) is 0.188. The van der Waals surface area contributed by atoms with Crippen LogP contribution in [0.4, 0.5) is 5.69 Å². The Morgan fingerprint density at radius 1 is 1.00 bits per heavy atom. The van der Waals surface area contributed by atoms with Crippen molar-refractivity contribution in [2.24, 2.45) is 0 Å². The molecule has 0 N–H and O–H groups in total. The maximum Gasteiger partial charge on any atom is 0.339 e. The van der Waals surface area contributed by atoms with E-state index in [2.05, 4.69) is 29.2 Å². The highest BCUT2D eigenvalue weighted by molar-refractivity contribution is 5.95. The van der Waals surface area contributed by atoms with Gasteiger partial charge in [0.1, 0.15) is 0 Å². The van der Waals surface area contributed by atoms with Gasteiger partial charge in [-0.25, -0.2) is 4.79 Å². The van der Waals surface area contributed by atoms with E-state index in [4.69, 9.17) is 4.74 Å². The molecule has 2 aromatic rings. The van der Waals surface area contributed by atoms with E-state index in [0.29, 0.717) is 5.56 Å². The van der Waals surface area contributed by atoms with E-state index >= 15 is 0 Å². The number of methoxy groups -OCH3 is 1. The maximum atomic E-state index is 11.8. The summed E-state index contributed by atoms with van der Waals surface area (Å²) < 4.78 is 4.85. The van der Waals surface area contributed by atoms with Crippen LogP contribution in [0, 0.1) is 0 Å². The molecule has 1 aliphatic rings. The molecule has 0 unspecified atom stereocenters. The van der Waals surface area contributed by atoms with Gasteiger partial charge in [0.05, 0.1) is 18.4 Å². The Morgan fingerprint density at radius 3 is 2.21 bits per heavy atom. The Kier molecular flexibility index (Phi) is 2.95. The topological polar surface area (TPSA) is 29.5 Å². The third-order valence-corrected chi connectivity index (χ3v) is 3.49. The minimum atomic E-state index is -0.286. The number of rotatable bonds is 2. The highest BCUT2D eigenvalue weighted by Gasteiger charge is 2.22. The third kappa shape index (κ3) is 2.08. The van der Waals surface area contributed by atoms with E-state index in [0.717, 1.165) is 18.8 Å². The molecule has 0 spiro atoms. The summed E-state index contributed by atoms with van der Waals surface area (Å²) in [5.41, 5.74) is 4.20. The summed E-state index contributed by atoms with van der Waals surface area (Å²) >= 11 is 0. The van der Waals surface area contributed by atoms with Crippen LogP contribution in [-0.2, 0) is 17.8 Å². The van der Waals surface area contributed by atoms with Crippen LogP contribution in [0.2, 0.25) is 0 Å². The van der Waals surface area contributed by atoms with Crippen molar-refractivity contribution in [2.75, 3.05) is 12.0 Å². The lowest BCUT2D eigenvalue weighted by Gasteiger charge is -2.20. The molecule has 0 saturated heterocycles. The standard InChI is InChI=1S/C16H15NO2/c1-19-16(18)14-8-4-5-9-15(14)17-10-12-6-2-3-7-13(12)11-17/h2-9H,10-11H2,1H3. The molecule has 0 fully saturated rings. The SMILES string of the molecule is COC(=O)c1ccccc1N1Cc2ccccc2C1. The van der Waals surface area contributed by atoms with Crippen molar-refractivity contribution in [2.45, 2.75) is 13.1 Å². The van der Waals surface area contributed by atoms with Gasteiger partial charge in [0.2, 0.25) is 0 Å². The highest BCUT2D eigenvalue weighted by Crippen LogP contribution is 2.30. The zero-order valence-electron chi connectivity index (χ0n) is 10.8. The molecule has 1 aliphatic heterocycles. The van der Waals surface area contributed by atoms with Gasteiger partial charge in [-0.2, -0.15) is 0 Å². The van der Waals surface area contributed by atoms with Crippen molar-refractivity contribution >= 4 is 11.7 Å². The molecule has 19 heavy (non-hydrogen) atoms. The number of nitrogens with zero attached hydrogens (tertiary/aromatic N) is 1. The summed E-state index contributed by atoms with van der Waals surface area (Å²) in [4.78, 5) is 14.0. The van der Waals surface area contributed by atoms with Gasteiger partial charge in [-0.05, 0) is 23.3 Å². The van der Waals surface area contributed by atoms with Gasteiger partial charge < -0.3 is 9.64 Å². The zero-order chi connectivity index (χ0) is 13.2. The minimum absolute atomic E-state index is 0.286. The average Bonchev–Trinajstić information content (AvgIpc) is 2.90. The zero-order valence-corrected chi connectivity index (χ0v) is 10.8. The molecule has 0 amide bonds. The number of hydrogen-bond donors (Lipinski definition) is 0. The number of esters is 1. The molecular formula is C16H15NO2. The van der Waals surface area contributed by atoms with Crippen molar-refractivity contribution < 1.29 is 9.53 Å². The molecule has 3 nitrogen and oxygen atoms in total. The molecule has 3 heteroatoms. The molecule has 1 heterocycles. The van der Waals surface area contributed by atoms with Crippen molar-refractivity contribution in [1.29, 1.82) is 0 Å². The number of para-hydroxylation sites is 1. The van der Waals surface area contributed by atoms with Gasteiger partial charge in [-0.1, -0.05) is 36.4 Å². The van der Waals surface area contributed by atoms with Crippen molar-refractivity contribution in [3.05, 3.63) is 65.2 Å². The number of fused-ring (bicyclic) bond motifs is 1. The van der Waals surface area contributed by atoms with E-state index in [9.17, 15) is 4.79 Å². The first-order chi connectivity index (χ1) is 9.29. The molecule has 0 bridgehead atoms.